The van der Waals surface area contributed by atoms with Gasteiger partial charge in [-0.05, 0) is 31.4 Å². The van der Waals surface area contributed by atoms with Crippen molar-refractivity contribution >= 4 is 17.2 Å². The number of halogens is 1. The molecule has 0 spiro atoms. The number of carbonyl (C=O) groups is 1. The molecule has 2 bridgehead atoms. The molecule has 2 aromatic rings. The Kier molecular flexibility index (Phi) is 3.87. The van der Waals surface area contributed by atoms with E-state index in [1.54, 1.807) is 24.4 Å². The van der Waals surface area contributed by atoms with Crippen molar-refractivity contribution in [2.24, 2.45) is 0 Å². The van der Waals surface area contributed by atoms with Crippen LogP contribution in [-0.4, -0.2) is 41.0 Å². The molecule has 4 nitrogen and oxygen atoms in total. The van der Waals surface area contributed by atoms with Crippen molar-refractivity contribution < 1.29 is 9.18 Å². The van der Waals surface area contributed by atoms with Crippen LogP contribution in [0.2, 0.25) is 0 Å². The molecule has 6 heteroatoms. The number of rotatable bonds is 2. The summed E-state index contributed by atoms with van der Waals surface area (Å²) in [5, 5.41) is 4.13. The minimum absolute atomic E-state index is 0.0134. The van der Waals surface area contributed by atoms with Gasteiger partial charge in [-0.2, -0.15) is 0 Å². The fourth-order valence-corrected chi connectivity index (χ4v) is 4.33. The number of hydrogen-bond acceptors (Lipinski definition) is 4. The van der Waals surface area contributed by atoms with E-state index in [2.05, 4.69) is 10.3 Å². The zero-order valence-electron chi connectivity index (χ0n) is 12.7. The molecule has 120 valence electrons. The second-order valence-electron chi connectivity index (χ2n) is 6.19. The molecule has 2 aliphatic rings. The van der Waals surface area contributed by atoms with E-state index in [4.69, 9.17) is 0 Å². The van der Waals surface area contributed by atoms with Gasteiger partial charge in [0, 0.05) is 30.7 Å². The van der Waals surface area contributed by atoms with Gasteiger partial charge in [-0.25, -0.2) is 9.37 Å². The molecule has 4 rings (SSSR count). The average Bonchev–Trinajstić information content (AvgIpc) is 3.14. The summed E-state index contributed by atoms with van der Waals surface area (Å²) >= 11 is 1.27. The lowest BCUT2D eigenvalue weighted by Crippen LogP contribution is -2.38. The molecule has 3 heterocycles. The van der Waals surface area contributed by atoms with Crippen LogP contribution in [0.4, 0.5) is 4.39 Å². The third kappa shape index (κ3) is 2.88. The fourth-order valence-electron chi connectivity index (χ4n) is 3.42. The highest BCUT2D eigenvalue weighted by atomic mass is 32.1. The Balaban J connectivity index is 1.54. The summed E-state index contributed by atoms with van der Waals surface area (Å²) in [6.07, 6.45) is 4.93. The predicted molar refractivity (Wildman–Crippen MR) is 88.0 cm³/mol. The summed E-state index contributed by atoms with van der Waals surface area (Å²) in [4.78, 5) is 19.5. The zero-order valence-corrected chi connectivity index (χ0v) is 13.5. The van der Waals surface area contributed by atoms with Crippen LogP contribution >= 0.6 is 11.3 Å². The number of aromatic nitrogens is 1. The Morgan fingerprint density at radius 3 is 2.96 bits per heavy atom. The van der Waals surface area contributed by atoms with Gasteiger partial charge in [0.15, 0.2) is 0 Å². The standard InChI is InChI=1S/C17H18FN3OS/c18-14-4-2-1-3-13(14)16-19-9-15(23-16)17(22)21-8-7-11-5-6-12(10-21)20-11/h1-4,9,11-12,20H,5-8,10H2. The van der Waals surface area contributed by atoms with Crippen molar-refractivity contribution in [1.82, 2.24) is 15.2 Å². The third-order valence-corrected chi connectivity index (χ3v) is 5.65. The first-order valence-corrected chi connectivity index (χ1v) is 8.78. The SMILES string of the molecule is O=C(c1cnc(-c2ccccc2F)s1)N1CCC2CCC(C1)N2. The van der Waals surface area contributed by atoms with Crippen molar-refractivity contribution in [2.45, 2.75) is 31.3 Å². The van der Waals surface area contributed by atoms with E-state index < -0.39 is 0 Å². The Hall–Kier alpha value is -1.79. The summed E-state index contributed by atoms with van der Waals surface area (Å²) in [5.74, 6) is -0.295. The van der Waals surface area contributed by atoms with Gasteiger partial charge in [0.1, 0.15) is 15.7 Å². The first-order valence-electron chi connectivity index (χ1n) is 7.97. The van der Waals surface area contributed by atoms with E-state index in [9.17, 15) is 9.18 Å². The molecule has 0 saturated carbocycles. The highest BCUT2D eigenvalue weighted by Crippen LogP contribution is 2.29. The maximum Gasteiger partial charge on any atom is 0.265 e. The lowest BCUT2D eigenvalue weighted by atomic mass is 10.1. The van der Waals surface area contributed by atoms with Gasteiger partial charge >= 0.3 is 0 Å². The van der Waals surface area contributed by atoms with Crippen molar-refractivity contribution in [2.75, 3.05) is 13.1 Å². The summed E-state index contributed by atoms with van der Waals surface area (Å²) < 4.78 is 13.9. The van der Waals surface area contributed by atoms with E-state index in [1.165, 1.54) is 23.8 Å². The second kappa shape index (κ2) is 6.02. The number of amides is 1. The largest absolute Gasteiger partial charge is 0.336 e. The Morgan fingerprint density at radius 1 is 1.26 bits per heavy atom. The summed E-state index contributed by atoms with van der Waals surface area (Å²) in [6.45, 7) is 1.53. The van der Waals surface area contributed by atoms with Crippen LogP contribution in [0, 0.1) is 5.82 Å². The van der Waals surface area contributed by atoms with Crippen molar-refractivity contribution in [3.05, 3.63) is 41.2 Å². The maximum absolute atomic E-state index is 13.9. The smallest absolute Gasteiger partial charge is 0.265 e. The van der Waals surface area contributed by atoms with Gasteiger partial charge in [-0.15, -0.1) is 11.3 Å². The average molecular weight is 331 g/mol. The lowest BCUT2D eigenvalue weighted by Gasteiger charge is -2.23. The van der Waals surface area contributed by atoms with Gasteiger partial charge in [0.2, 0.25) is 0 Å². The number of likely N-dealkylation sites (tertiary alicyclic amines) is 1. The first-order chi connectivity index (χ1) is 11.2. The van der Waals surface area contributed by atoms with Gasteiger partial charge in [-0.1, -0.05) is 12.1 Å². The summed E-state index contributed by atoms with van der Waals surface area (Å²) in [6, 6.07) is 7.49. The molecule has 23 heavy (non-hydrogen) atoms. The van der Waals surface area contributed by atoms with E-state index in [-0.39, 0.29) is 11.7 Å². The summed E-state index contributed by atoms with van der Waals surface area (Å²) in [5.41, 5.74) is 0.452. The molecule has 0 aliphatic carbocycles. The Morgan fingerprint density at radius 2 is 2.09 bits per heavy atom. The topological polar surface area (TPSA) is 45.2 Å². The molecule has 1 aromatic heterocycles. The monoisotopic (exact) mass is 331 g/mol. The number of fused-ring (bicyclic) bond motifs is 2. The molecule has 0 radical (unpaired) electrons. The summed E-state index contributed by atoms with van der Waals surface area (Å²) in [7, 11) is 0. The predicted octanol–water partition coefficient (Wildman–Crippen LogP) is 2.92. The van der Waals surface area contributed by atoms with Crippen molar-refractivity contribution in [3.63, 3.8) is 0 Å². The molecular formula is C17H18FN3OS. The maximum atomic E-state index is 13.9. The van der Waals surface area contributed by atoms with Crippen LogP contribution in [0.25, 0.3) is 10.6 Å². The quantitative estimate of drug-likeness (QED) is 0.920. The number of benzene rings is 1. The molecule has 2 atom stereocenters. The van der Waals surface area contributed by atoms with Crippen LogP contribution < -0.4 is 5.32 Å². The number of hydrogen-bond donors (Lipinski definition) is 1. The molecular weight excluding hydrogens is 313 g/mol. The minimum atomic E-state index is -0.308. The molecule has 2 saturated heterocycles. The third-order valence-electron chi connectivity index (χ3n) is 4.63. The zero-order chi connectivity index (χ0) is 15.8. The molecule has 2 fully saturated rings. The number of nitrogens with zero attached hydrogens (tertiary/aromatic N) is 2. The van der Waals surface area contributed by atoms with Crippen LogP contribution in [0.1, 0.15) is 28.9 Å². The normalized spacial score (nSPS) is 23.8. The van der Waals surface area contributed by atoms with E-state index in [1.807, 2.05) is 4.90 Å². The number of carbonyl (C=O) groups excluding carboxylic acids is 1. The Labute approximate surface area is 138 Å². The highest BCUT2D eigenvalue weighted by Gasteiger charge is 2.32. The van der Waals surface area contributed by atoms with Crippen molar-refractivity contribution in [1.29, 1.82) is 0 Å². The van der Waals surface area contributed by atoms with Gasteiger partial charge in [0.05, 0.1) is 6.20 Å². The second-order valence-corrected chi connectivity index (χ2v) is 7.22. The highest BCUT2D eigenvalue weighted by molar-refractivity contribution is 7.16. The van der Waals surface area contributed by atoms with Gasteiger partial charge in [0.25, 0.3) is 5.91 Å². The van der Waals surface area contributed by atoms with Crippen LogP contribution in [0.15, 0.2) is 30.5 Å². The first kappa shape index (κ1) is 14.8. The van der Waals surface area contributed by atoms with Crippen LogP contribution in [0.5, 0.6) is 0 Å². The number of nitrogens with one attached hydrogen (secondary N) is 1. The fraction of sp³-hybridized carbons (Fsp3) is 0.412. The molecule has 1 aromatic carbocycles. The van der Waals surface area contributed by atoms with E-state index in [0.29, 0.717) is 27.5 Å². The van der Waals surface area contributed by atoms with Gasteiger partial charge < -0.3 is 10.2 Å². The molecule has 1 N–H and O–H groups in total. The molecule has 1 amide bonds. The Bertz CT molecular complexity index is 732. The van der Waals surface area contributed by atoms with Crippen LogP contribution in [0.3, 0.4) is 0 Å². The van der Waals surface area contributed by atoms with Crippen LogP contribution in [-0.2, 0) is 0 Å². The van der Waals surface area contributed by atoms with E-state index in [0.717, 1.165) is 25.9 Å². The minimum Gasteiger partial charge on any atom is -0.336 e. The molecule has 2 unspecified atom stereocenters. The van der Waals surface area contributed by atoms with E-state index >= 15 is 0 Å². The molecule has 2 aliphatic heterocycles. The van der Waals surface area contributed by atoms with Gasteiger partial charge in [-0.3, -0.25) is 4.79 Å². The van der Waals surface area contributed by atoms with Crippen molar-refractivity contribution in [3.8, 4) is 10.6 Å². The lowest BCUT2D eigenvalue weighted by molar-refractivity contribution is 0.0753. The number of thiazole rings is 1.